The van der Waals surface area contributed by atoms with Gasteiger partial charge in [0.25, 0.3) is 5.69 Å². The number of nitro groups is 1. The number of hydrogen-bond acceptors (Lipinski definition) is 6. The maximum Gasteiger partial charge on any atom is 0.347 e. The van der Waals surface area contributed by atoms with Gasteiger partial charge in [-0.3, -0.25) is 14.9 Å². The smallest absolute Gasteiger partial charge is 0.347 e. The zero-order chi connectivity index (χ0) is 22.1. The molecule has 0 bridgehead atoms. The summed E-state index contributed by atoms with van der Waals surface area (Å²) in [5.41, 5.74) is 1.41. The van der Waals surface area contributed by atoms with Crippen LogP contribution in [0.4, 0.5) is 11.4 Å². The second-order valence-electron chi connectivity index (χ2n) is 7.52. The third-order valence-corrected chi connectivity index (χ3v) is 4.99. The second-order valence-corrected chi connectivity index (χ2v) is 7.52. The Kier molecular flexibility index (Phi) is 5.60. The number of benzene rings is 2. The maximum atomic E-state index is 12.9. The highest BCUT2D eigenvalue weighted by Crippen LogP contribution is 2.32. The molecule has 0 aliphatic heterocycles. The molecule has 0 saturated heterocycles. The molecule has 156 valence electrons. The van der Waals surface area contributed by atoms with E-state index in [2.05, 4.69) is 5.32 Å². The lowest BCUT2D eigenvalue weighted by atomic mass is 9.86. The molecule has 1 aliphatic carbocycles. The van der Waals surface area contributed by atoms with E-state index in [1.807, 2.05) is 0 Å². The topological polar surface area (TPSA) is 119 Å². The van der Waals surface area contributed by atoms with Gasteiger partial charge in [0.15, 0.2) is 11.4 Å². The Labute approximate surface area is 173 Å². The minimum atomic E-state index is -1.38. The summed E-state index contributed by atoms with van der Waals surface area (Å²) in [6.45, 7) is 2.92. The van der Waals surface area contributed by atoms with Crippen LogP contribution in [0.5, 0.6) is 5.75 Å². The molecular formula is C22H22N2O6. The molecular weight excluding hydrogens is 388 g/mol. The van der Waals surface area contributed by atoms with E-state index < -0.39 is 16.5 Å². The predicted octanol–water partition coefficient (Wildman–Crippen LogP) is 4.09. The molecule has 2 aromatic rings. The van der Waals surface area contributed by atoms with Crippen LogP contribution < -0.4 is 10.1 Å². The fraction of sp³-hybridized carbons (Fsp3) is 0.273. The van der Waals surface area contributed by atoms with Crippen LogP contribution in [0.1, 0.15) is 41.8 Å². The Morgan fingerprint density at radius 3 is 2.60 bits per heavy atom. The number of Topliss-reactive ketones (excluding diaryl/α,β-unsaturated/α-hetero) is 1. The van der Waals surface area contributed by atoms with Gasteiger partial charge in [0.1, 0.15) is 11.4 Å². The summed E-state index contributed by atoms with van der Waals surface area (Å²) in [6, 6.07) is 9.67. The number of carboxylic acids is 1. The van der Waals surface area contributed by atoms with Crippen molar-refractivity contribution in [2.75, 3.05) is 12.4 Å². The van der Waals surface area contributed by atoms with Crippen molar-refractivity contribution in [3.8, 4) is 5.75 Å². The first kappa shape index (κ1) is 21.0. The number of nitro benzene ring substituents is 1. The maximum absolute atomic E-state index is 12.9. The first-order valence-electron chi connectivity index (χ1n) is 9.39. The molecule has 0 amide bonds. The van der Waals surface area contributed by atoms with Crippen molar-refractivity contribution >= 4 is 29.2 Å². The van der Waals surface area contributed by atoms with Gasteiger partial charge in [-0.25, -0.2) is 4.79 Å². The Bertz CT molecular complexity index is 1070. The minimum Gasteiger partial charge on any atom is -0.478 e. The van der Waals surface area contributed by atoms with Crippen molar-refractivity contribution in [3.05, 3.63) is 68.8 Å². The van der Waals surface area contributed by atoms with Gasteiger partial charge in [-0.05, 0) is 68.2 Å². The van der Waals surface area contributed by atoms with E-state index in [-0.39, 0.29) is 11.5 Å². The van der Waals surface area contributed by atoms with E-state index in [0.717, 1.165) is 5.56 Å². The van der Waals surface area contributed by atoms with Gasteiger partial charge in [-0.15, -0.1) is 0 Å². The van der Waals surface area contributed by atoms with Gasteiger partial charge in [-0.2, -0.15) is 0 Å². The summed E-state index contributed by atoms with van der Waals surface area (Å²) in [5, 5.41) is 23.2. The van der Waals surface area contributed by atoms with Gasteiger partial charge < -0.3 is 15.2 Å². The molecule has 0 spiro atoms. The number of carboxylic acid groups (broad SMARTS) is 1. The summed E-state index contributed by atoms with van der Waals surface area (Å²) in [7, 11) is 1.61. The zero-order valence-electron chi connectivity index (χ0n) is 16.9. The van der Waals surface area contributed by atoms with Gasteiger partial charge in [-0.1, -0.05) is 6.07 Å². The number of ketones is 1. The van der Waals surface area contributed by atoms with Crippen molar-refractivity contribution in [2.45, 2.75) is 32.3 Å². The molecule has 0 unspecified atom stereocenters. The lowest BCUT2D eigenvalue weighted by Crippen LogP contribution is -2.37. The van der Waals surface area contributed by atoms with Gasteiger partial charge in [0.2, 0.25) is 0 Å². The fourth-order valence-corrected chi connectivity index (χ4v) is 3.30. The SMILES string of the molecule is CNc1ccc(C=C2CCc3cc(OC(C)(C)C(=O)O)ccc3C2=O)cc1[N+](=O)[O-]. The summed E-state index contributed by atoms with van der Waals surface area (Å²) in [4.78, 5) is 35.0. The molecule has 0 heterocycles. The molecule has 3 rings (SSSR count). The minimum absolute atomic E-state index is 0.0571. The van der Waals surface area contributed by atoms with Crippen molar-refractivity contribution in [1.29, 1.82) is 0 Å². The molecule has 0 aromatic heterocycles. The summed E-state index contributed by atoms with van der Waals surface area (Å²) in [6.07, 6.45) is 2.73. The standard InChI is InChI=1S/C22H22N2O6/c1-22(2,21(26)27)30-16-7-8-17-14(12-16)5-6-15(20(17)25)10-13-4-9-18(23-3)19(11-13)24(28)29/h4,7-12,23H,5-6H2,1-3H3,(H,26,27). The van der Waals surface area contributed by atoms with E-state index in [1.165, 1.54) is 19.9 Å². The number of aliphatic carboxylic acids is 1. The molecule has 0 atom stereocenters. The molecule has 0 saturated carbocycles. The van der Waals surface area contributed by atoms with Crippen molar-refractivity contribution < 1.29 is 24.4 Å². The number of anilines is 1. The predicted molar refractivity (Wildman–Crippen MR) is 112 cm³/mol. The average Bonchev–Trinajstić information content (AvgIpc) is 2.69. The molecule has 8 heteroatoms. The molecule has 2 N–H and O–H groups in total. The van der Waals surface area contributed by atoms with Crippen LogP contribution in [0, 0.1) is 10.1 Å². The second kappa shape index (κ2) is 7.98. The highest BCUT2D eigenvalue weighted by molar-refractivity contribution is 6.13. The summed E-state index contributed by atoms with van der Waals surface area (Å²) in [5.74, 6) is -0.847. The van der Waals surface area contributed by atoms with Crippen LogP contribution in [0.2, 0.25) is 0 Å². The monoisotopic (exact) mass is 410 g/mol. The fourth-order valence-electron chi connectivity index (χ4n) is 3.30. The summed E-state index contributed by atoms with van der Waals surface area (Å²) >= 11 is 0. The van der Waals surface area contributed by atoms with Gasteiger partial charge >= 0.3 is 5.97 Å². The zero-order valence-corrected chi connectivity index (χ0v) is 16.9. The molecule has 8 nitrogen and oxygen atoms in total. The van der Waals surface area contributed by atoms with Crippen LogP contribution in [0.3, 0.4) is 0 Å². The molecule has 0 fully saturated rings. The Balaban J connectivity index is 1.88. The van der Waals surface area contributed by atoms with Gasteiger partial charge in [0, 0.05) is 24.3 Å². The number of hydrogen-bond donors (Lipinski definition) is 2. The van der Waals surface area contributed by atoms with E-state index >= 15 is 0 Å². The number of allylic oxidation sites excluding steroid dienone is 1. The first-order valence-corrected chi connectivity index (χ1v) is 9.39. The van der Waals surface area contributed by atoms with Crippen molar-refractivity contribution in [2.24, 2.45) is 0 Å². The number of rotatable bonds is 6. The number of carbonyl (C=O) groups is 2. The average molecular weight is 410 g/mol. The number of nitrogens with zero attached hydrogens (tertiary/aromatic N) is 1. The highest BCUT2D eigenvalue weighted by Gasteiger charge is 2.30. The Morgan fingerprint density at radius 2 is 1.97 bits per heavy atom. The van der Waals surface area contributed by atoms with Crippen molar-refractivity contribution in [1.82, 2.24) is 0 Å². The normalized spacial score (nSPS) is 14.9. The van der Waals surface area contributed by atoms with Crippen LogP contribution in [0.25, 0.3) is 6.08 Å². The number of nitrogens with one attached hydrogen (secondary N) is 1. The summed E-state index contributed by atoms with van der Waals surface area (Å²) < 4.78 is 5.55. The van der Waals surface area contributed by atoms with E-state index in [0.29, 0.717) is 41.0 Å². The van der Waals surface area contributed by atoms with Crippen LogP contribution >= 0.6 is 0 Å². The number of carbonyl (C=O) groups excluding carboxylic acids is 1. The lowest BCUT2D eigenvalue weighted by molar-refractivity contribution is -0.384. The third-order valence-electron chi connectivity index (χ3n) is 4.99. The third kappa shape index (κ3) is 4.17. The quantitative estimate of drug-likeness (QED) is 0.418. The molecule has 0 radical (unpaired) electrons. The Morgan fingerprint density at radius 1 is 1.23 bits per heavy atom. The highest BCUT2D eigenvalue weighted by atomic mass is 16.6. The van der Waals surface area contributed by atoms with Crippen LogP contribution in [0.15, 0.2) is 42.0 Å². The molecule has 30 heavy (non-hydrogen) atoms. The van der Waals surface area contributed by atoms with Crippen LogP contribution in [-0.4, -0.2) is 34.4 Å². The largest absolute Gasteiger partial charge is 0.478 e. The lowest BCUT2D eigenvalue weighted by Gasteiger charge is -2.23. The molecule has 1 aliphatic rings. The van der Waals surface area contributed by atoms with E-state index in [4.69, 9.17) is 4.74 Å². The van der Waals surface area contributed by atoms with Crippen molar-refractivity contribution in [3.63, 3.8) is 0 Å². The first-order chi connectivity index (χ1) is 14.1. The van der Waals surface area contributed by atoms with Gasteiger partial charge in [0.05, 0.1) is 4.92 Å². The number of ether oxygens (including phenoxy) is 1. The number of fused-ring (bicyclic) bond motifs is 1. The molecule has 2 aromatic carbocycles. The van der Waals surface area contributed by atoms with E-state index in [1.54, 1.807) is 43.5 Å². The Hall–Kier alpha value is -3.68. The van der Waals surface area contributed by atoms with E-state index in [9.17, 15) is 24.8 Å². The number of aryl methyl sites for hydroxylation is 1. The van der Waals surface area contributed by atoms with Crippen LogP contribution in [-0.2, 0) is 11.2 Å².